The van der Waals surface area contributed by atoms with E-state index in [4.69, 9.17) is 0 Å². The van der Waals surface area contributed by atoms with Gasteiger partial charge in [-0.2, -0.15) is 0 Å². The molecule has 0 saturated heterocycles. The number of fused-ring (bicyclic) bond motifs is 1. The number of carboxylic acids is 1. The smallest absolute Gasteiger partial charge is 0.335 e. The third-order valence-electron chi connectivity index (χ3n) is 6.80. The predicted molar refractivity (Wildman–Crippen MR) is 142 cm³/mol. The van der Waals surface area contributed by atoms with Crippen molar-refractivity contribution in [2.24, 2.45) is 5.92 Å². The lowest BCUT2D eigenvalue weighted by Gasteiger charge is -2.22. The summed E-state index contributed by atoms with van der Waals surface area (Å²) in [4.78, 5) is 24.6. The number of rotatable bonds is 8. The summed E-state index contributed by atoms with van der Waals surface area (Å²) in [5.41, 5.74) is 6.29. The Hall–Kier alpha value is -3.60. The molecule has 4 rings (SSSR count). The molecule has 2 aromatic carbocycles. The number of benzene rings is 2. The number of aldehydes is 1. The molecule has 0 amide bonds. The van der Waals surface area contributed by atoms with Crippen LogP contribution in [-0.2, 0) is 11.3 Å². The molecule has 1 saturated carbocycles. The van der Waals surface area contributed by atoms with Crippen LogP contribution in [0.15, 0.2) is 66.5 Å². The molecule has 0 aliphatic heterocycles. The first-order valence-corrected chi connectivity index (χ1v) is 12.3. The number of aromatic nitrogens is 1. The van der Waals surface area contributed by atoms with Crippen molar-refractivity contribution in [1.29, 1.82) is 0 Å². The second kappa shape index (κ2) is 10.8. The van der Waals surface area contributed by atoms with Gasteiger partial charge in [-0.15, -0.1) is 0 Å². The molecule has 1 aliphatic rings. The number of carbonyl (C=O) groups excluding carboxylic acids is 1. The number of nitrogens with zero attached hydrogens (tertiary/aromatic N) is 2. The van der Waals surface area contributed by atoms with E-state index in [-0.39, 0.29) is 5.56 Å². The summed E-state index contributed by atoms with van der Waals surface area (Å²) in [5, 5.41) is 10.4. The van der Waals surface area contributed by atoms with Crippen LogP contribution < -0.4 is 0 Å². The van der Waals surface area contributed by atoms with Gasteiger partial charge in [0, 0.05) is 49.5 Å². The number of carbonyl (C=O) groups is 2. The van der Waals surface area contributed by atoms with E-state index >= 15 is 0 Å². The van der Waals surface area contributed by atoms with Gasteiger partial charge in [-0.1, -0.05) is 43.5 Å². The van der Waals surface area contributed by atoms with Gasteiger partial charge >= 0.3 is 5.97 Å². The van der Waals surface area contributed by atoms with E-state index in [1.54, 1.807) is 12.1 Å². The molecule has 1 N–H and O–H groups in total. The topological polar surface area (TPSA) is 62.5 Å². The molecule has 0 atom stereocenters. The normalized spacial score (nSPS) is 15.4. The van der Waals surface area contributed by atoms with Crippen molar-refractivity contribution < 1.29 is 14.7 Å². The molecule has 1 fully saturated rings. The van der Waals surface area contributed by atoms with Crippen molar-refractivity contribution in [2.75, 3.05) is 14.1 Å². The van der Waals surface area contributed by atoms with E-state index in [0.29, 0.717) is 11.5 Å². The molecule has 1 heterocycles. The van der Waals surface area contributed by atoms with Crippen molar-refractivity contribution >= 4 is 28.7 Å². The monoisotopic (exact) mass is 470 g/mol. The van der Waals surface area contributed by atoms with Crippen LogP contribution in [0.1, 0.15) is 54.9 Å². The van der Waals surface area contributed by atoms with E-state index in [9.17, 15) is 14.7 Å². The number of allylic oxidation sites excluding steroid dienone is 3. The van der Waals surface area contributed by atoms with E-state index in [0.717, 1.165) is 46.0 Å². The maximum absolute atomic E-state index is 11.3. The number of hydrogen-bond donors (Lipinski definition) is 1. The molecule has 0 unspecified atom stereocenters. The Balaban J connectivity index is 1.84. The van der Waals surface area contributed by atoms with E-state index in [2.05, 4.69) is 29.0 Å². The van der Waals surface area contributed by atoms with Gasteiger partial charge in [0.25, 0.3) is 0 Å². The summed E-state index contributed by atoms with van der Waals surface area (Å²) < 4.78 is 2.37. The summed E-state index contributed by atoms with van der Waals surface area (Å²) in [5.74, 6) is -0.251. The first kappa shape index (κ1) is 24.5. The molecule has 1 aliphatic carbocycles. The minimum atomic E-state index is -0.917. The fourth-order valence-electron chi connectivity index (χ4n) is 5.05. The highest BCUT2D eigenvalue weighted by Gasteiger charge is 2.18. The molecule has 0 bridgehead atoms. The molecule has 3 aromatic rings. The van der Waals surface area contributed by atoms with Gasteiger partial charge in [-0.3, -0.25) is 4.79 Å². The average Bonchev–Trinajstić information content (AvgIpc) is 3.21. The van der Waals surface area contributed by atoms with Gasteiger partial charge in [0.15, 0.2) is 0 Å². The molecule has 182 valence electrons. The Morgan fingerprint density at radius 2 is 1.74 bits per heavy atom. The zero-order valence-corrected chi connectivity index (χ0v) is 20.8. The second-order valence-corrected chi connectivity index (χ2v) is 9.87. The van der Waals surface area contributed by atoms with Crippen LogP contribution in [0.3, 0.4) is 0 Å². The van der Waals surface area contributed by atoms with Gasteiger partial charge < -0.3 is 14.6 Å². The molecular formula is C30H34N2O3. The van der Waals surface area contributed by atoms with Crippen LogP contribution in [0.4, 0.5) is 0 Å². The van der Waals surface area contributed by atoms with Crippen LogP contribution in [0, 0.1) is 5.92 Å². The standard InChI is InChI=1S/C30H34N2O3/c1-21(20-33)15-26(18-31(2)3)25-13-14-27-28(23-9-11-24(12-10-23)30(34)35)19-32(29(27)16-25)17-22-7-5-4-6-8-22/h9-16,18-20,22H,4-8,17H2,1-3H3,(H,34,35)/b21-15-,26-18+. The Kier molecular flexibility index (Phi) is 7.54. The molecule has 35 heavy (non-hydrogen) atoms. The van der Waals surface area contributed by atoms with Crippen LogP contribution in [-0.4, -0.2) is 40.9 Å². The van der Waals surface area contributed by atoms with Gasteiger partial charge in [-0.25, -0.2) is 4.79 Å². The minimum absolute atomic E-state index is 0.290. The molecule has 5 nitrogen and oxygen atoms in total. The number of carboxylic acid groups (broad SMARTS) is 1. The van der Waals surface area contributed by atoms with Crippen molar-refractivity contribution in [2.45, 2.75) is 45.6 Å². The Labute approximate surface area is 207 Å². The second-order valence-electron chi connectivity index (χ2n) is 9.87. The van der Waals surface area contributed by atoms with Crippen molar-refractivity contribution in [3.05, 3.63) is 77.6 Å². The highest BCUT2D eigenvalue weighted by molar-refractivity contribution is 5.99. The van der Waals surface area contributed by atoms with Crippen LogP contribution in [0.2, 0.25) is 0 Å². The Morgan fingerprint density at radius 3 is 2.37 bits per heavy atom. The molecule has 5 heteroatoms. The molecule has 1 aromatic heterocycles. The maximum Gasteiger partial charge on any atom is 0.335 e. The third kappa shape index (κ3) is 5.73. The minimum Gasteiger partial charge on any atom is -0.478 e. The van der Waals surface area contributed by atoms with Crippen LogP contribution in [0.25, 0.3) is 27.6 Å². The Bertz CT molecular complexity index is 1270. The summed E-state index contributed by atoms with van der Waals surface area (Å²) in [6.45, 7) is 2.79. The molecular weight excluding hydrogens is 436 g/mol. The lowest BCUT2D eigenvalue weighted by molar-refractivity contribution is -0.104. The van der Waals surface area contributed by atoms with E-state index in [1.807, 2.05) is 50.3 Å². The summed E-state index contributed by atoms with van der Waals surface area (Å²) in [6, 6.07) is 13.6. The van der Waals surface area contributed by atoms with Crippen molar-refractivity contribution in [3.8, 4) is 11.1 Å². The SMILES string of the molecule is C/C(C=O)=C/C(=C\N(C)C)c1ccc2c(-c3ccc(C(=O)O)cc3)cn(CC3CCCCC3)c2c1. The van der Waals surface area contributed by atoms with Crippen LogP contribution in [0.5, 0.6) is 0 Å². The van der Waals surface area contributed by atoms with Gasteiger partial charge in [0.2, 0.25) is 0 Å². The van der Waals surface area contributed by atoms with Gasteiger partial charge in [0.1, 0.15) is 6.29 Å². The van der Waals surface area contributed by atoms with Gasteiger partial charge in [0.05, 0.1) is 5.56 Å². The first-order chi connectivity index (χ1) is 16.9. The highest BCUT2D eigenvalue weighted by atomic mass is 16.4. The zero-order valence-electron chi connectivity index (χ0n) is 20.8. The number of hydrogen-bond acceptors (Lipinski definition) is 3. The lowest BCUT2D eigenvalue weighted by Crippen LogP contribution is -2.13. The molecule has 0 radical (unpaired) electrons. The van der Waals surface area contributed by atoms with E-state index < -0.39 is 5.97 Å². The van der Waals surface area contributed by atoms with E-state index in [1.165, 1.54) is 32.1 Å². The zero-order chi connectivity index (χ0) is 24.9. The largest absolute Gasteiger partial charge is 0.478 e. The quantitative estimate of drug-likeness (QED) is 0.228. The summed E-state index contributed by atoms with van der Waals surface area (Å²) in [7, 11) is 3.96. The first-order valence-electron chi connectivity index (χ1n) is 12.3. The highest BCUT2D eigenvalue weighted by Crippen LogP contribution is 2.35. The van der Waals surface area contributed by atoms with Gasteiger partial charge in [-0.05, 0) is 72.2 Å². The third-order valence-corrected chi connectivity index (χ3v) is 6.80. The average molecular weight is 471 g/mol. The fraction of sp³-hybridized carbons (Fsp3) is 0.333. The maximum atomic E-state index is 11.3. The summed E-state index contributed by atoms with van der Waals surface area (Å²) >= 11 is 0. The Morgan fingerprint density at radius 1 is 1.06 bits per heavy atom. The predicted octanol–water partition coefficient (Wildman–Crippen LogP) is 6.63. The molecule has 0 spiro atoms. The van der Waals surface area contributed by atoms with Crippen molar-refractivity contribution in [3.63, 3.8) is 0 Å². The number of aromatic carboxylic acids is 1. The van der Waals surface area contributed by atoms with Crippen molar-refractivity contribution in [1.82, 2.24) is 9.47 Å². The van der Waals surface area contributed by atoms with Crippen LogP contribution >= 0.6 is 0 Å². The fourth-order valence-corrected chi connectivity index (χ4v) is 5.05. The lowest BCUT2D eigenvalue weighted by atomic mass is 9.89. The summed E-state index contributed by atoms with van der Waals surface area (Å²) in [6.07, 6.45) is 13.5.